The van der Waals surface area contributed by atoms with Gasteiger partial charge in [0.25, 0.3) is 5.91 Å². The molecule has 0 aromatic carbocycles. The summed E-state index contributed by atoms with van der Waals surface area (Å²) in [6, 6.07) is -0.855. The molecule has 0 heterocycles. The maximum absolute atomic E-state index is 11.3. The monoisotopic (exact) mass is 243 g/mol. The minimum Gasteiger partial charge on any atom is -0.368 e. The number of imide groups is 1. The Morgan fingerprint density at radius 2 is 2.06 bits per heavy atom. The summed E-state index contributed by atoms with van der Waals surface area (Å²) < 4.78 is 5.45. The molecule has 1 rings (SSSR count). The van der Waals surface area contributed by atoms with Crippen LogP contribution in [-0.4, -0.2) is 31.2 Å². The number of carbonyl (C=O) groups excluding carboxylic acids is 2. The molecule has 1 saturated carbocycles. The van der Waals surface area contributed by atoms with Crippen LogP contribution in [0.25, 0.3) is 0 Å². The van der Waals surface area contributed by atoms with Crippen LogP contribution < -0.4 is 16.8 Å². The number of nitrogens with one attached hydrogen (secondary N) is 1. The molecule has 0 saturated heterocycles. The normalized spacial score (nSPS) is 25.5. The minimum atomic E-state index is -0.855. The van der Waals surface area contributed by atoms with Crippen LogP contribution >= 0.6 is 0 Å². The lowest BCUT2D eigenvalue weighted by atomic mass is 9.97. The second kappa shape index (κ2) is 6.56. The van der Waals surface area contributed by atoms with E-state index < -0.39 is 18.0 Å². The molecule has 1 aliphatic rings. The van der Waals surface area contributed by atoms with Crippen LogP contribution in [0.5, 0.6) is 0 Å². The van der Waals surface area contributed by atoms with E-state index in [2.05, 4.69) is 0 Å². The van der Waals surface area contributed by atoms with E-state index in [4.69, 9.17) is 16.2 Å². The number of rotatable bonds is 5. The van der Waals surface area contributed by atoms with Crippen LogP contribution in [0.4, 0.5) is 4.79 Å². The van der Waals surface area contributed by atoms with Crippen molar-refractivity contribution in [1.82, 2.24) is 5.32 Å². The summed E-state index contributed by atoms with van der Waals surface area (Å²) in [7, 11) is 0. The third kappa shape index (κ3) is 4.32. The minimum absolute atomic E-state index is 0.420. The van der Waals surface area contributed by atoms with Crippen molar-refractivity contribution in [3.63, 3.8) is 0 Å². The largest absolute Gasteiger partial charge is 0.368 e. The molecule has 3 amide bonds. The molecule has 1 fully saturated rings. The molecule has 6 heteroatoms. The van der Waals surface area contributed by atoms with E-state index >= 15 is 0 Å². The highest BCUT2D eigenvalue weighted by Gasteiger charge is 2.27. The summed E-state index contributed by atoms with van der Waals surface area (Å²) in [6.07, 6.45) is 2.72. The molecule has 3 unspecified atom stereocenters. The summed E-state index contributed by atoms with van der Waals surface area (Å²) in [5.41, 5.74) is 10.5. The lowest BCUT2D eigenvalue weighted by molar-refractivity contribution is -0.131. The number of hydrogen-bond acceptors (Lipinski definition) is 4. The molecule has 0 spiro atoms. The van der Waals surface area contributed by atoms with Crippen molar-refractivity contribution in [2.45, 2.75) is 32.3 Å². The first-order valence-corrected chi connectivity index (χ1v) is 5.96. The van der Waals surface area contributed by atoms with Crippen molar-refractivity contribution in [1.29, 1.82) is 0 Å². The molecule has 0 bridgehead atoms. The molecule has 0 aromatic heterocycles. The molecular weight excluding hydrogens is 222 g/mol. The van der Waals surface area contributed by atoms with Gasteiger partial charge in [-0.3, -0.25) is 10.1 Å². The predicted molar refractivity (Wildman–Crippen MR) is 63.0 cm³/mol. The van der Waals surface area contributed by atoms with Gasteiger partial charge in [0.05, 0.1) is 6.61 Å². The van der Waals surface area contributed by atoms with Crippen LogP contribution in [0.1, 0.15) is 26.2 Å². The highest BCUT2D eigenvalue weighted by molar-refractivity contribution is 5.95. The van der Waals surface area contributed by atoms with E-state index in [1.165, 1.54) is 0 Å². The molecular formula is C11H21N3O3. The van der Waals surface area contributed by atoms with Crippen LogP contribution in [0.3, 0.4) is 0 Å². The van der Waals surface area contributed by atoms with Gasteiger partial charge in [-0.25, -0.2) is 4.79 Å². The van der Waals surface area contributed by atoms with Gasteiger partial charge in [-0.05, 0) is 38.1 Å². The van der Waals surface area contributed by atoms with Gasteiger partial charge in [0.15, 0.2) is 0 Å². The SMILES string of the molecule is CC(OCC1CCCC1CN)C(=O)NC(N)=O. The Morgan fingerprint density at radius 3 is 2.65 bits per heavy atom. The third-order valence-electron chi connectivity index (χ3n) is 3.30. The Kier molecular flexibility index (Phi) is 5.37. The second-order valence-corrected chi connectivity index (χ2v) is 4.52. The Hall–Kier alpha value is -1.14. The number of carbonyl (C=O) groups is 2. The van der Waals surface area contributed by atoms with Crippen molar-refractivity contribution >= 4 is 11.9 Å². The maximum atomic E-state index is 11.3. The lowest BCUT2D eigenvalue weighted by Gasteiger charge is -2.20. The molecule has 17 heavy (non-hydrogen) atoms. The summed E-state index contributed by atoms with van der Waals surface area (Å²) in [5, 5.41) is 1.99. The zero-order chi connectivity index (χ0) is 12.8. The van der Waals surface area contributed by atoms with Crippen LogP contribution in [0.2, 0.25) is 0 Å². The van der Waals surface area contributed by atoms with Gasteiger partial charge in [0.2, 0.25) is 0 Å². The third-order valence-corrected chi connectivity index (χ3v) is 3.30. The average Bonchev–Trinajstić information content (AvgIpc) is 2.72. The molecule has 98 valence electrons. The zero-order valence-electron chi connectivity index (χ0n) is 10.1. The van der Waals surface area contributed by atoms with Crippen LogP contribution in [-0.2, 0) is 9.53 Å². The van der Waals surface area contributed by atoms with E-state index in [1.54, 1.807) is 6.92 Å². The van der Waals surface area contributed by atoms with Crippen molar-refractivity contribution in [2.24, 2.45) is 23.3 Å². The quantitative estimate of drug-likeness (QED) is 0.629. The first-order chi connectivity index (χ1) is 8.04. The standard InChI is InChI=1S/C11H21N3O3/c1-7(10(15)14-11(13)16)17-6-9-4-2-3-8(9)5-12/h7-9H,2-6,12H2,1H3,(H3,13,14,15,16). The Bertz CT molecular complexity index is 283. The van der Waals surface area contributed by atoms with Gasteiger partial charge >= 0.3 is 6.03 Å². The number of hydrogen-bond donors (Lipinski definition) is 3. The van der Waals surface area contributed by atoms with E-state index in [0.717, 1.165) is 19.3 Å². The van der Waals surface area contributed by atoms with E-state index in [9.17, 15) is 9.59 Å². The second-order valence-electron chi connectivity index (χ2n) is 4.52. The topological polar surface area (TPSA) is 107 Å². The highest BCUT2D eigenvalue weighted by Crippen LogP contribution is 2.31. The van der Waals surface area contributed by atoms with Gasteiger partial charge in [-0.1, -0.05) is 6.42 Å². The number of ether oxygens (including phenoxy) is 1. The molecule has 1 aliphatic carbocycles. The number of primary amides is 1. The first-order valence-electron chi connectivity index (χ1n) is 5.96. The van der Waals surface area contributed by atoms with Crippen LogP contribution in [0.15, 0.2) is 0 Å². The fraction of sp³-hybridized carbons (Fsp3) is 0.818. The van der Waals surface area contributed by atoms with E-state index in [-0.39, 0.29) is 0 Å². The van der Waals surface area contributed by atoms with E-state index in [1.807, 2.05) is 5.32 Å². The number of urea groups is 1. The molecule has 0 aliphatic heterocycles. The molecule has 0 radical (unpaired) electrons. The van der Waals surface area contributed by atoms with E-state index in [0.29, 0.717) is 25.0 Å². The van der Waals surface area contributed by atoms with Crippen LogP contribution in [0, 0.1) is 11.8 Å². The summed E-state index contributed by atoms with van der Waals surface area (Å²) in [4.78, 5) is 21.8. The van der Waals surface area contributed by atoms with Gasteiger partial charge in [0.1, 0.15) is 6.10 Å². The molecule has 0 aromatic rings. The maximum Gasteiger partial charge on any atom is 0.318 e. The van der Waals surface area contributed by atoms with Crippen molar-refractivity contribution in [3.05, 3.63) is 0 Å². The van der Waals surface area contributed by atoms with Crippen molar-refractivity contribution < 1.29 is 14.3 Å². The van der Waals surface area contributed by atoms with Gasteiger partial charge in [-0.15, -0.1) is 0 Å². The summed E-state index contributed by atoms with van der Waals surface area (Å²) >= 11 is 0. The average molecular weight is 243 g/mol. The lowest BCUT2D eigenvalue weighted by Crippen LogP contribution is -2.42. The molecule has 3 atom stereocenters. The smallest absolute Gasteiger partial charge is 0.318 e. The fourth-order valence-electron chi connectivity index (χ4n) is 2.21. The predicted octanol–water partition coefficient (Wildman–Crippen LogP) is -0.0386. The molecule has 5 N–H and O–H groups in total. The Balaban J connectivity index is 2.29. The zero-order valence-corrected chi connectivity index (χ0v) is 10.1. The summed E-state index contributed by atoms with van der Waals surface area (Å²) in [6.45, 7) is 2.77. The number of amides is 3. The fourth-order valence-corrected chi connectivity index (χ4v) is 2.21. The number of nitrogens with two attached hydrogens (primary N) is 2. The van der Waals surface area contributed by atoms with Gasteiger partial charge in [-0.2, -0.15) is 0 Å². The Morgan fingerprint density at radius 1 is 1.41 bits per heavy atom. The summed E-state index contributed by atoms with van der Waals surface area (Å²) in [5.74, 6) is 0.407. The van der Waals surface area contributed by atoms with Gasteiger partial charge in [0, 0.05) is 0 Å². The Labute approximate surface area is 101 Å². The molecule has 6 nitrogen and oxygen atoms in total. The highest BCUT2D eigenvalue weighted by atomic mass is 16.5. The van der Waals surface area contributed by atoms with Crippen molar-refractivity contribution in [3.8, 4) is 0 Å². The van der Waals surface area contributed by atoms with Gasteiger partial charge < -0.3 is 16.2 Å². The van der Waals surface area contributed by atoms with Crippen molar-refractivity contribution in [2.75, 3.05) is 13.2 Å². The first kappa shape index (κ1) is 13.9.